The molecule has 3 rings (SSSR count). The number of hydrogen-bond donors (Lipinski definition) is 2. The number of benzene rings is 1. The van der Waals surface area contributed by atoms with Crippen molar-refractivity contribution in [1.82, 2.24) is 4.98 Å². The lowest BCUT2D eigenvalue weighted by atomic mass is 9.71. The summed E-state index contributed by atoms with van der Waals surface area (Å²) in [5, 5.41) is 11.3. The second kappa shape index (κ2) is 4.60. The molecule has 0 radical (unpaired) electrons. The van der Waals surface area contributed by atoms with Gasteiger partial charge in [0.15, 0.2) is 0 Å². The van der Waals surface area contributed by atoms with Crippen molar-refractivity contribution in [3.63, 3.8) is 0 Å². The molecule has 2 atom stereocenters. The number of nitrogen functional groups attached to an aromatic ring is 1. The molecule has 20 heavy (non-hydrogen) atoms. The van der Waals surface area contributed by atoms with Crippen LogP contribution < -0.4 is 5.73 Å². The van der Waals surface area contributed by atoms with Crippen LogP contribution in [0.2, 0.25) is 0 Å². The third-order valence-electron chi connectivity index (χ3n) is 4.38. The Balaban J connectivity index is 2.22. The van der Waals surface area contributed by atoms with Gasteiger partial charge in [0.1, 0.15) is 11.4 Å². The molecule has 104 valence electrons. The molecule has 1 heterocycles. The maximum atomic E-state index is 11.3. The second-order valence-corrected chi connectivity index (χ2v) is 5.83. The summed E-state index contributed by atoms with van der Waals surface area (Å²) in [5.41, 5.74) is 8.93. The van der Waals surface area contributed by atoms with Gasteiger partial charge in [-0.15, -0.1) is 0 Å². The number of aryl methyl sites for hydroxylation is 1. The smallest absolute Gasteiger partial charge is 0.129 e. The van der Waals surface area contributed by atoms with Gasteiger partial charge in [-0.05, 0) is 48.4 Å². The molecule has 1 aromatic heterocycles. The maximum Gasteiger partial charge on any atom is 0.129 e. The minimum atomic E-state index is -1.02. The third kappa shape index (κ3) is 1.90. The predicted molar refractivity (Wildman–Crippen MR) is 80.5 cm³/mol. The molecule has 3 heteroatoms. The van der Waals surface area contributed by atoms with Gasteiger partial charge in [0.25, 0.3) is 0 Å². The SMILES string of the molecule is Cc1cnc(N)c(C2(O)CCC(C)c3ccccc32)c1. The van der Waals surface area contributed by atoms with E-state index in [1.165, 1.54) is 5.56 Å². The summed E-state index contributed by atoms with van der Waals surface area (Å²) in [5.74, 6) is 0.882. The van der Waals surface area contributed by atoms with E-state index in [2.05, 4.69) is 18.0 Å². The summed E-state index contributed by atoms with van der Waals surface area (Å²) >= 11 is 0. The van der Waals surface area contributed by atoms with Gasteiger partial charge in [-0.1, -0.05) is 31.2 Å². The Morgan fingerprint density at radius 2 is 2.05 bits per heavy atom. The third-order valence-corrected chi connectivity index (χ3v) is 4.38. The van der Waals surface area contributed by atoms with Gasteiger partial charge in [-0.3, -0.25) is 0 Å². The van der Waals surface area contributed by atoms with Crippen molar-refractivity contribution >= 4 is 5.82 Å². The number of hydrogen-bond acceptors (Lipinski definition) is 3. The Kier molecular flexibility index (Phi) is 3.02. The molecule has 0 saturated heterocycles. The van der Waals surface area contributed by atoms with Crippen LogP contribution >= 0.6 is 0 Å². The first-order valence-corrected chi connectivity index (χ1v) is 7.07. The molecular weight excluding hydrogens is 248 g/mol. The lowest BCUT2D eigenvalue weighted by Crippen LogP contribution is -2.34. The average Bonchev–Trinajstić information content (AvgIpc) is 2.46. The van der Waals surface area contributed by atoms with E-state index in [1.54, 1.807) is 6.20 Å². The predicted octanol–water partition coefficient (Wildman–Crippen LogP) is 3.11. The number of fused-ring (bicyclic) bond motifs is 1. The van der Waals surface area contributed by atoms with Crippen LogP contribution in [0.5, 0.6) is 0 Å². The molecule has 2 unspecified atom stereocenters. The Labute approximate surface area is 119 Å². The Hall–Kier alpha value is -1.87. The van der Waals surface area contributed by atoms with Crippen molar-refractivity contribution in [3.05, 3.63) is 58.8 Å². The van der Waals surface area contributed by atoms with E-state index in [0.29, 0.717) is 18.2 Å². The highest BCUT2D eigenvalue weighted by atomic mass is 16.3. The Bertz CT molecular complexity index is 653. The standard InChI is InChI=1S/C17H20N2O/c1-11-9-15(16(18)19-10-11)17(20)8-7-12(2)13-5-3-4-6-14(13)17/h3-6,9-10,12,20H,7-8H2,1-2H3,(H2,18,19). The van der Waals surface area contributed by atoms with Crippen LogP contribution in [0, 0.1) is 6.92 Å². The fourth-order valence-corrected chi connectivity index (χ4v) is 3.21. The number of anilines is 1. The minimum absolute atomic E-state index is 0.419. The molecule has 1 aromatic carbocycles. The monoisotopic (exact) mass is 268 g/mol. The zero-order valence-electron chi connectivity index (χ0n) is 11.9. The van der Waals surface area contributed by atoms with E-state index in [4.69, 9.17) is 5.73 Å². The summed E-state index contributed by atoms with van der Waals surface area (Å²) in [6, 6.07) is 10.1. The van der Waals surface area contributed by atoms with Gasteiger partial charge < -0.3 is 10.8 Å². The van der Waals surface area contributed by atoms with Gasteiger partial charge in [-0.25, -0.2) is 4.98 Å². The molecule has 0 fully saturated rings. The quantitative estimate of drug-likeness (QED) is 0.835. The van der Waals surface area contributed by atoms with Crippen molar-refractivity contribution < 1.29 is 5.11 Å². The van der Waals surface area contributed by atoms with Crippen molar-refractivity contribution in [2.24, 2.45) is 0 Å². The fourth-order valence-electron chi connectivity index (χ4n) is 3.21. The molecular formula is C17H20N2O. The summed E-state index contributed by atoms with van der Waals surface area (Å²) in [4.78, 5) is 4.21. The van der Waals surface area contributed by atoms with Gasteiger partial charge in [0, 0.05) is 11.8 Å². The minimum Gasteiger partial charge on any atom is -0.383 e. The first-order valence-electron chi connectivity index (χ1n) is 7.07. The number of nitrogens with zero attached hydrogens (tertiary/aromatic N) is 1. The van der Waals surface area contributed by atoms with E-state index in [1.807, 2.05) is 31.2 Å². The average molecular weight is 268 g/mol. The molecule has 0 spiro atoms. The van der Waals surface area contributed by atoms with Crippen molar-refractivity contribution in [1.29, 1.82) is 0 Å². The van der Waals surface area contributed by atoms with Crippen LogP contribution in [-0.4, -0.2) is 10.1 Å². The number of nitrogens with two attached hydrogens (primary N) is 1. The van der Waals surface area contributed by atoms with E-state index in [0.717, 1.165) is 23.1 Å². The Morgan fingerprint density at radius 1 is 1.30 bits per heavy atom. The maximum absolute atomic E-state index is 11.3. The van der Waals surface area contributed by atoms with Crippen LogP contribution in [0.3, 0.4) is 0 Å². The summed E-state index contributed by atoms with van der Waals surface area (Å²) in [6.07, 6.45) is 3.36. The largest absolute Gasteiger partial charge is 0.383 e. The molecule has 2 aromatic rings. The van der Waals surface area contributed by atoms with Gasteiger partial charge >= 0.3 is 0 Å². The molecule has 3 nitrogen and oxygen atoms in total. The van der Waals surface area contributed by atoms with Gasteiger partial charge in [-0.2, -0.15) is 0 Å². The van der Waals surface area contributed by atoms with Crippen LogP contribution in [0.25, 0.3) is 0 Å². The van der Waals surface area contributed by atoms with E-state index in [9.17, 15) is 5.11 Å². The van der Waals surface area contributed by atoms with E-state index < -0.39 is 5.60 Å². The normalized spacial score (nSPS) is 25.2. The van der Waals surface area contributed by atoms with Crippen molar-refractivity contribution in [2.45, 2.75) is 38.2 Å². The first kappa shape index (κ1) is 13.1. The molecule has 1 aliphatic rings. The number of aromatic nitrogens is 1. The Morgan fingerprint density at radius 3 is 2.85 bits per heavy atom. The molecule has 0 amide bonds. The van der Waals surface area contributed by atoms with E-state index >= 15 is 0 Å². The van der Waals surface area contributed by atoms with Crippen molar-refractivity contribution in [2.75, 3.05) is 5.73 Å². The molecule has 3 N–H and O–H groups in total. The van der Waals surface area contributed by atoms with Gasteiger partial charge in [0.2, 0.25) is 0 Å². The highest BCUT2D eigenvalue weighted by Crippen LogP contribution is 2.46. The summed E-state index contributed by atoms with van der Waals surface area (Å²) in [6.45, 7) is 4.17. The summed E-state index contributed by atoms with van der Waals surface area (Å²) < 4.78 is 0. The zero-order valence-corrected chi connectivity index (χ0v) is 11.9. The van der Waals surface area contributed by atoms with Crippen LogP contribution in [0.15, 0.2) is 36.5 Å². The van der Waals surface area contributed by atoms with Crippen LogP contribution in [0.4, 0.5) is 5.82 Å². The van der Waals surface area contributed by atoms with Crippen LogP contribution in [-0.2, 0) is 5.60 Å². The van der Waals surface area contributed by atoms with Crippen molar-refractivity contribution in [3.8, 4) is 0 Å². The first-order chi connectivity index (χ1) is 9.52. The number of aliphatic hydroxyl groups is 1. The number of rotatable bonds is 1. The van der Waals surface area contributed by atoms with Crippen LogP contribution in [0.1, 0.15) is 47.9 Å². The molecule has 0 bridgehead atoms. The number of pyridine rings is 1. The lowest BCUT2D eigenvalue weighted by molar-refractivity contribution is 0.0583. The lowest BCUT2D eigenvalue weighted by Gasteiger charge is -2.38. The van der Waals surface area contributed by atoms with E-state index in [-0.39, 0.29) is 0 Å². The highest BCUT2D eigenvalue weighted by Gasteiger charge is 2.39. The molecule has 1 aliphatic carbocycles. The highest BCUT2D eigenvalue weighted by molar-refractivity contribution is 5.53. The van der Waals surface area contributed by atoms with Gasteiger partial charge in [0.05, 0.1) is 0 Å². The topological polar surface area (TPSA) is 59.1 Å². The fraction of sp³-hybridized carbons (Fsp3) is 0.353. The zero-order chi connectivity index (χ0) is 14.3. The molecule has 0 saturated carbocycles. The second-order valence-electron chi connectivity index (χ2n) is 5.83. The summed E-state index contributed by atoms with van der Waals surface area (Å²) in [7, 11) is 0. The molecule has 0 aliphatic heterocycles.